The maximum atomic E-state index is 12.6. The van der Waals surface area contributed by atoms with Crippen LogP contribution in [0.25, 0.3) is 0 Å². The molecule has 7 nitrogen and oxygen atoms in total. The summed E-state index contributed by atoms with van der Waals surface area (Å²) in [4.78, 5) is 39.0. The molecule has 1 N–H and O–H groups in total. The third kappa shape index (κ3) is 4.79. The number of hydrogen-bond donors (Lipinski definition) is 1. The van der Waals surface area contributed by atoms with Crippen molar-refractivity contribution < 1.29 is 23.9 Å². The van der Waals surface area contributed by atoms with Crippen molar-refractivity contribution in [1.29, 1.82) is 0 Å². The molecule has 2 aromatic carbocycles. The minimum Gasteiger partial charge on any atom is -0.495 e. The number of benzene rings is 2. The average Bonchev–Trinajstić information content (AvgIpc) is 3.10. The standard InChI is InChI=1S/C23H26N2O5/c1-14-5-8-18(9-6-14)25-13-17(12-21(25)26)23(28)30-16(3)22(27)24-19-11-15(2)7-10-20(19)29-4/h5-11,16-17H,12-13H2,1-4H3,(H,24,27). The van der Waals surface area contributed by atoms with Gasteiger partial charge in [0.25, 0.3) is 5.91 Å². The first-order valence-corrected chi connectivity index (χ1v) is 9.81. The zero-order valence-electron chi connectivity index (χ0n) is 17.6. The Morgan fingerprint density at radius 3 is 2.43 bits per heavy atom. The van der Waals surface area contributed by atoms with E-state index in [0.29, 0.717) is 11.4 Å². The molecular weight excluding hydrogens is 384 g/mol. The molecule has 30 heavy (non-hydrogen) atoms. The highest BCUT2D eigenvalue weighted by Gasteiger charge is 2.37. The fraction of sp³-hybridized carbons (Fsp3) is 0.348. The van der Waals surface area contributed by atoms with Gasteiger partial charge >= 0.3 is 5.97 Å². The number of carbonyl (C=O) groups is 3. The molecule has 7 heteroatoms. The van der Waals surface area contributed by atoms with Crippen LogP contribution in [0.1, 0.15) is 24.5 Å². The Hall–Kier alpha value is -3.35. The highest BCUT2D eigenvalue weighted by atomic mass is 16.5. The highest BCUT2D eigenvalue weighted by molar-refractivity contribution is 6.00. The van der Waals surface area contributed by atoms with Crippen molar-refractivity contribution in [1.82, 2.24) is 0 Å². The molecular formula is C23H26N2O5. The van der Waals surface area contributed by atoms with Crippen LogP contribution >= 0.6 is 0 Å². The minimum absolute atomic E-state index is 0.0623. The van der Waals surface area contributed by atoms with Crippen LogP contribution in [-0.4, -0.2) is 37.5 Å². The molecule has 2 amide bonds. The number of aryl methyl sites for hydroxylation is 2. The van der Waals surface area contributed by atoms with Crippen LogP contribution in [0.3, 0.4) is 0 Å². The van der Waals surface area contributed by atoms with Gasteiger partial charge in [0.1, 0.15) is 5.75 Å². The molecule has 1 aliphatic heterocycles. The van der Waals surface area contributed by atoms with E-state index in [9.17, 15) is 14.4 Å². The van der Waals surface area contributed by atoms with Gasteiger partial charge in [-0.15, -0.1) is 0 Å². The molecule has 0 spiro atoms. The third-order valence-electron chi connectivity index (χ3n) is 5.08. The molecule has 158 valence electrons. The number of rotatable bonds is 6. The maximum Gasteiger partial charge on any atom is 0.312 e. The zero-order chi connectivity index (χ0) is 21.8. The first-order valence-electron chi connectivity index (χ1n) is 9.81. The molecule has 0 saturated carbocycles. The Morgan fingerprint density at radius 2 is 1.77 bits per heavy atom. The van der Waals surface area contributed by atoms with Crippen molar-refractivity contribution in [2.45, 2.75) is 33.3 Å². The smallest absolute Gasteiger partial charge is 0.312 e. The lowest BCUT2D eigenvalue weighted by Crippen LogP contribution is -2.33. The summed E-state index contributed by atoms with van der Waals surface area (Å²) in [5.74, 6) is -1.25. The Balaban J connectivity index is 1.60. The van der Waals surface area contributed by atoms with Crippen LogP contribution in [-0.2, 0) is 19.1 Å². The van der Waals surface area contributed by atoms with Crippen LogP contribution in [0, 0.1) is 19.8 Å². The second kappa shape index (κ2) is 8.98. The highest BCUT2D eigenvalue weighted by Crippen LogP contribution is 2.27. The van der Waals surface area contributed by atoms with Crippen LogP contribution in [0.15, 0.2) is 42.5 Å². The van der Waals surface area contributed by atoms with E-state index in [-0.39, 0.29) is 18.9 Å². The minimum atomic E-state index is -1.01. The Kier molecular flexibility index (Phi) is 6.40. The van der Waals surface area contributed by atoms with E-state index in [2.05, 4.69) is 5.32 Å². The average molecular weight is 410 g/mol. The molecule has 0 aromatic heterocycles. The number of methoxy groups -OCH3 is 1. The van der Waals surface area contributed by atoms with Gasteiger partial charge in [0, 0.05) is 18.7 Å². The molecule has 0 bridgehead atoms. The molecule has 1 heterocycles. The molecule has 2 aromatic rings. The predicted octanol–water partition coefficient (Wildman–Crippen LogP) is 3.24. The molecule has 3 rings (SSSR count). The number of ether oxygens (including phenoxy) is 2. The van der Waals surface area contributed by atoms with Crippen LogP contribution < -0.4 is 15.0 Å². The van der Waals surface area contributed by atoms with Crippen LogP contribution in [0.2, 0.25) is 0 Å². The summed E-state index contributed by atoms with van der Waals surface area (Å²) in [5.41, 5.74) is 3.30. The largest absolute Gasteiger partial charge is 0.495 e. The second-order valence-corrected chi connectivity index (χ2v) is 7.51. The van der Waals surface area contributed by atoms with Crippen molar-refractivity contribution in [2.75, 3.05) is 23.9 Å². The van der Waals surface area contributed by atoms with Crippen molar-refractivity contribution in [2.24, 2.45) is 5.92 Å². The summed E-state index contributed by atoms with van der Waals surface area (Å²) in [7, 11) is 1.51. The van der Waals surface area contributed by atoms with E-state index in [0.717, 1.165) is 16.8 Å². The van der Waals surface area contributed by atoms with Gasteiger partial charge in [-0.1, -0.05) is 23.8 Å². The summed E-state index contributed by atoms with van der Waals surface area (Å²) in [5, 5.41) is 2.73. The molecule has 1 saturated heterocycles. The number of hydrogen-bond acceptors (Lipinski definition) is 5. The third-order valence-corrected chi connectivity index (χ3v) is 5.08. The predicted molar refractivity (Wildman–Crippen MR) is 114 cm³/mol. The lowest BCUT2D eigenvalue weighted by molar-refractivity contribution is -0.157. The normalized spacial score (nSPS) is 16.9. The van der Waals surface area contributed by atoms with E-state index in [4.69, 9.17) is 9.47 Å². The summed E-state index contributed by atoms with van der Waals surface area (Å²) < 4.78 is 10.6. The first kappa shape index (κ1) is 21.4. The zero-order valence-corrected chi connectivity index (χ0v) is 17.6. The van der Waals surface area contributed by atoms with Crippen molar-refractivity contribution >= 4 is 29.2 Å². The van der Waals surface area contributed by atoms with Gasteiger partial charge in [-0.05, 0) is 50.6 Å². The first-order chi connectivity index (χ1) is 14.3. The van der Waals surface area contributed by atoms with E-state index in [1.807, 2.05) is 44.2 Å². The lowest BCUT2D eigenvalue weighted by Gasteiger charge is -2.18. The SMILES string of the molecule is COc1ccc(C)cc1NC(=O)C(C)OC(=O)C1CC(=O)N(c2ccc(C)cc2)C1. The fourth-order valence-electron chi connectivity index (χ4n) is 3.32. The van der Waals surface area contributed by atoms with E-state index in [1.54, 1.807) is 17.0 Å². The Labute approximate surface area is 176 Å². The van der Waals surface area contributed by atoms with Crippen molar-refractivity contribution in [3.8, 4) is 5.75 Å². The number of anilines is 2. The van der Waals surface area contributed by atoms with Crippen LogP contribution in [0.4, 0.5) is 11.4 Å². The van der Waals surface area contributed by atoms with Gasteiger partial charge < -0.3 is 19.7 Å². The number of amides is 2. The molecule has 0 radical (unpaired) electrons. The monoisotopic (exact) mass is 410 g/mol. The molecule has 2 atom stereocenters. The molecule has 2 unspecified atom stereocenters. The lowest BCUT2D eigenvalue weighted by atomic mass is 10.1. The fourth-order valence-corrected chi connectivity index (χ4v) is 3.32. The molecule has 0 aliphatic carbocycles. The van der Waals surface area contributed by atoms with E-state index in [1.165, 1.54) is 14.0 Å². The summed E-state index contributed by atoms with van der Waals surface area (Å²) in [6, 6.07) is 12.9. The number of nitrogens with one attached hydrogen (secondary N) is 1. The number of carbonyl (C=O) groups excluding carboxylic acids is 3. The second-order valence-electron chi connectivity index (χ2n) is 7.51. The summed E-state index contributed by atoms with van der Waals surface area (Å²) in [6.07, 6.45) is -0.946. The maximum absolute atomic E-state index is 12.6. The quantitative estimate of drug-likeness (QED) is 0.739. The Morgan fingerprint density at radius 1 is 1.10 bits per heavy atom. The molecule has 1 fully saturated rings. The van der Waals surface area contributed by atoms with Gasteiger partial charge in [0.05, 0.1) is 18.7 Å². The van der Waals surface area contributed by atoms with E-state index >= 15 is 0 Å². The van der Waals surface area contributed by atoms with Gasteiger partial charge in [0.2, 0.25) is 5.91 Å². The van der Waals surface area contributed by atoms with Gasteiger partial charge in [-0.25, -0.2) is 0 Å². The van der Waals surface area contributed by atoms with Gasteiger partial charge in [-0.3, -0.25) is 14.4 Å². The van der Waals surface area contributed by atoms with Gasteiger partial charge in [-0.2, -0.15) is 0 Å². The van der Waals surface area contributed by atoms with E-state index < -0.39 is 23.9 Å². The summed E-state index contributed by atoms with van der Waals surface area (Å²) in [6.45, 7) is 5.61. The summed E-state index contributed by atoms with van der Waals surface area (Å²) >= 11 is 0. The number of nitrogens with zero attached hydrogens (tertiary/aromatic N) is 1. The molecule has 1 aliphatic rings. The van der Waals surface area contributed by atoms with Crippen LogP contribution in [0.5, 0.6) is 5.75 Å². The van der Waals surface area contributed by atoms with Crippen molar-refractivity contribution in [3.63, 3.8) is 0 Å². The van der Waals surface area contributed by atoms with Gasteiger partial charge in [0.15, 0.2) is 6.10 Å². The topological polar surface area (TPSA) is 84.9 Å². The van der Waals surface area contributed by atoms with Crippen molar-refractivity contribution in [3.05, 3.63) is 53.6 Å². The number of esters is 1. The Bertz CT molecular complexity index is 955.